The first-order valence-corrected chi connectivity index (χ1v) is 7.46. The molecule has 0 radical (unpaired) electrons. The number of aliphatic hydroxyl groups excluding tert-OH is 1. The maximum absolute atomic E-state index is 9.28. The molecule has 0 saturated heterocycles. The number of halogens is 1. The van der Waals surface area contributed by atoms with Crippen LogP contribution in [-0.4, -0.2) is 64.2 Å². The van der Waals surface area contributed by atoms with E-state index in [-0.39, 0.29) is 36.0 Å². The van der Waals surface area contributed by atoms with E-state index in [0.29, 0.717) is 19.8 Å². The fourth-order valence-electron chi connectivity index (χ4n) is 1.76. The van der Waals surface area contributed by atoms with E-state index < -0.39 is 0 Å². The van der Waals surface area contributed by atoms with Crippen molar-refractivity contribution in [2.75, 3.05) is 53.2 Å². The van der Waals surface area contributed by atoms with Gasteiger partial charge < -0.3 is 25.2 Å². The average Bonchev–Trinajstić information content (AvgIpc) is 3.24. The molecule has 0 heterocycles. The van der Waals surface area contributed by atoms with E-state index in [1.807, 2.05) is 6.92 Å². The molecule has 126 valence electrons. The van der Waals surface area contributed by atoms with Crippen molar-refractivity contribution in [2.45, 2.75) is 26.2 Å². The summed E-state index contributed by atoms with van der Waals surface area (Å²) >= 11 is 0. The Morgan fingerprint density at radius 1 is 1.24 bits per heavy atom. The van der Waals surface area contributed by atoms with E-state index in [9.17, 15) is 5.11 Å². The van der Waals surface area contributed by atoms with Crippen LogP contribution >= 0.6 is 24.0 Å². The summed E-state index contributed by atoms with van der Waals surface area (Å²) in [5.74, 6) is 0.823. The normalized spacial score (nSPS) is 16.2. The van der Waals surface area contributed by atoms with Gasteiger partial charge in [0.2, 0.25) is 0 Å². The molecule has 1 rings (SSSR count). The van der Waals surface area contributed by atoms with Crippen LogP contribution in [0.25, 0.3) is 0 Å². The maximum atomic E-state index is 9.28. The monoisotopic (exact) mass is 415 g/mol. The molecule has 0 aromatic heterocycles. The summed E-state index contributed by atoms with van der Waals surface area (Å²) in [5, 5.41) is 15.8. The third-order valence-corrected chi connectivity index (χ3v) is 3.40. The van der Waals surface area contributed by atoms with Crippen LogP contribution in [-0.2, 0) is 9.47 Å². The fraction of sp³-hybridized carbons (Fsp3) is 0.929. The van der Waals surface area contributed by atoms with Crippen molar-refractivity contribution in [2.24, 2.45) is 10.4 Å². The summed E-state index contributed by atoms with van der Waals surface area (Å²) < 4.78 is 10.3. The van der Waals surface area contributed by atoms with Crippen LogP contribution in [0.15, 0.2) is 4.99 Å². The van der Waals surface area contributed by atoms with Crippen molar-refractivity contribution in [3.63, 3.8) is 0 Å². The molecule has 7 heteroatoms. The lowest BCUT2D eigenvalue weighted by Gasteiger charge is -2.13. The molecule has 21 heavy (non-hydrogen) atoms. The van der Waals surface area contributed by atoms with Gasteiger partial charge in [0.15, 0.2) is 5.96 Å². The van der Waals surface area contributed by atoms with E-state index >= 15 is 0 Å². The Morgan fingerprint density at radius 3 is 2.57 bits per heavy atom. The number of aliphatic hydroxyl groups is 1. The number of nitrogens with zero attached hydrogens (tertiary/aromatic N) is 1. The number of aliphatic imine (C=N–C) groups is 1. The van der Waals surface area contributed by atoms with E-state index in [0.717, 1.165) is 44.9 Å². The molecule has 0 aromatic rings. The van der Waals surface area contributed by atoms with Gasteiger partial charge in [-0.05, 0) is 26.2 Å². The molecule has 6 nitrogen and oxygen atoms in total. The minimum Gasteiger partial charge on any atom is -0.396 e. The Bertz CT molecular complexity index is 287. The molecule has 0 aromatic carbocycles. The topological polar surface area (TPSA) is 75.1 Å². The Morgan fingerprint density at radius 2 is 2.00 bits per heavy atom. The largest absolute Gasteiger partial charge is 0.396 e. The van der Waals surface area contributed by atoms with Gasteiger partial charge in [-0.15, -0.1) is 24.0 Å². The predicted molar refractivity (Wildman–Crippen MR) is 95.5 cm³/mol. The Hall–Kier alpha value is -0.120. The molecular weight excluding hydrogens is 385 g/mol. The minimum atomic E-state index is 0. The van der Waals surface area contributed by atoms with Gasteiger partial charge in [-0.1, -0.05) is 0 Å². The first kappa shape index (κ1) is 20.9. The van der Waals surface area contributed by atoms with Crippen molar-refractivity contribution < 1.29 is 14.6 Å². The van der Waals surface area contributed by atoms with E-state index in [1.54, 1.807) is 7.11 Å². The number of rotatable bonds is 11. The van der Waals surface area contributed by atoms with Gasteiger partial charge in [0.1, 0.15) is 0 Å². The molecule has 1 aliphatic carbocycles. The van der Waals surface area contributed by atoms with Gasteiger partial charge in [-0.2, -0.15) is 0 Å². The van der Waals surface area contributed by atoms with E-state index in [2.05, 4.69) is 15.6 Å². The summed E-state index contributed by atoms with van der Waals surface area (Å²) in [6, 6.07) is 0. The SMILES string of the molecule is CCNC(=NCC1(CO)CC1)NCCCOCCOC.I. The molecule has 3 N–H and O–H groups in total. The maximum Gasteiger partial charge on any atom is 0.191 e. The molecule has 0 spiro atoms. The summed E-state index contributed by atoms with van der Waals surface area (Å²) in [4.78, 5) is 4.54. The molecule has 1 saturated carbocycles. The third kappa shape index (κ3) is 9.49. The number of ether oxygens (including phenoxy) is 2. The second kappa shape index (κ2) is 12.4. The smallest absolute Gasteiger partial charge is 0.191 e. The summed E-state index contributed by atoms with van der Waals surface area (Å²) in [6.07, 6.45) is 3.10. The van der Waals surface area contributed by atoms with Crippen molar-refractivity contribution in [3.05, 3.63) is 0 Å². The van der Waals surface area contributed by atoms with Gasteiger partial charge >= 0.3 is 0 Å². The van der Waals surface area contributed by atoms with Crippen molar-refractivity contribution >= 4 is 29.9 Å². The van der Waals surface area contributed by atoms with Crippen LogP contribution in [0.1, 0.15) is 26.2 Å². The second-order valence-corrected chi connectivity index (χ2v) is 5.24. The van der Waals surface area contributed by atoms with Crippen LogP contribution < -0.4 is 10.6 Å². The summed E-state index contributed by atoms with van der Waals surface area (Å²) in [7, 11) is 1.67. The molecule has 0 atom stereocenters. The molecule has 1 fully saturated rings. The quantitative estimate of drug-likeness (QED) is 0.203. The molecule has 1 aliphatic rings. The standard InChI is InChI=1S/C14H29N3O3.HI/c1-3-15-13(17-11-14(12-18)5-6-14)16-7-4-8-20-10-9-19-2;/h18H,3-12H2,1-2H3,(H2,15,16,17);1H. The lowest BCUT2D eigenvalue weighted by atomic mass is 10.1. The van der Waals surface area contributed by atoms with Gasteiger partial charge in [0, 0.05) is 32.2 Å². The molecule has 0 unspecified atom stereocenters. The summed E-state index contributed by atoms with van der Waals surface area (Å²) in [5.41, 5.74) is 0.0611. The minimum absolute atomic E-state index is 0. The van der Waals surface area contributed by atoms with Gasteiger partial charge in [-0.25, -0.2) is 0 Å². The zero-order valence-electron chi connectivity index (χ0n) is 13.2. The highest BCUT2D eigenvalue weighted by Crippen LogP contribution is 2.45. The van der Waals surface area contributed by atoms with Crippen molar-refractivity contribution in [3.8, 4) is 0 Å². The Labute approximate surface area is 145 Å². The number of hydrogen-bond acceptors (Lipinski definition) is 4. The lowest BCUT2D eigenvalue weighted by molar-refractivity contribution is 0.0698. The van der Waals surface area contributed by atoms with E-state index in [1.165, 1.54) is 0 Å². The van der Waals surface area contributed by atoms with Crippen LogP contribution in [0.3, 0.4) is 0 Å². The number of guanidine groups is 1. The zero-order chi connectivity index (χ0) is 14.7. The third-order valence-electron chi connectivity index (χ3n) is 3.40. The van der Waals surface area contributed by atoms with Gasteiger partial charge in [0.25, 0.3) is 0 Å². The van der Waals surface area contributed by atoms with Crippen LogP contribution in [0.5, 0.6) is 0 Å². The lowest BCUT2D eigenvalue weighted by Crippen LogP contribution is -2.38. The van der Waals surface area contributed by atoms with E-state index in [4.69, 9.17) is 9.47 Å². The Balaban J connectivity index is 0.00000400. The highest BCUT2D eigenvalue weighted by molar-refractivity contribution is 14.0. The highest BCUT2D eigenvalue weighted by atomic mass is 127. The average molecular weight is 415 g/mol. The number of nitrogens with one attached hydrogen (secondary N) is 2. The van der Waals surface area contributed by atoms with Gasteiger partial charge in [-0.3, -0.25) is 4.99 Å². The first-order chi connectivity index (χ1) is 9.76. The molecule has 0 amide bonds. The fourth-order valence-corrected chi connectivity index (χ4v) is 1.76. The number of hydrogen-bond donors (Lipinski definition) is 3. The molecule has 0 bridgehead atoms. The zero-order valence-corrected chi connectivity index (χ0v) is 15.5. The Kier molecular flexibility index (Phi) is 12.4. The number of methoxy groups -OCH3 is 1. The van der Waals surface area contributed by atoms with Crippen LogP contribution in [0.4, 0.5) is 0 Å². The van der Waals surface area contributed by atoms with Crippen molar-refractivity contribution in [1.82, 2.24) is 10.6 Å². The predicted octanol–water partition coefficient (Wildman–Crippen LogP) is 0.985. The second-order valence-electron chi connectivity index (χ2n) is 5.24. The first-order valence-electron chi connectivity index (χ1n) is 7.46. The highest BCUT2D eigenvalue weighted by Gasteiger charge is 2.41. The van der Waals surface area contributed by atoms with Crippen LogP contribution in [0, 0.1) is 5.41 Å². The van der Waals surface area contributed by atoms with Crippen molar-refractivity contribution in [1.29, 1.82) is 0 Å². The summed E-state index contributed by atoms with van der Waals surface area (Å²) in [6.45, 7) is 6.64. The molecule has 0 aliphatic heterocycles. The molecular formula is C14H30IN3O3. The van der Waals surface area contributed by atoms with Gasteiger partial charge in [0.05, 0.1) is 26.4 Å². The van der Waals surface area contributed by atoms with Crippen LogP contribution in [0.2, 0.25) is 0 Å².